The minimum atomic E-state index is -0.550. The first-order valence-electron chi connectivity index (χ1n) is 7.25. The van der Waals surface area contributed by atoms with Gasteiger partial charge < -0.3 is 5.73 Å². The highest BCUT2D eigenvalue weighted by molar-refractivity contribution is 8.00. The number of hydrogen-bond acceptors (Lipinski definition) is 5. The van der Waals surface area contributed by atoms with Crippen molar-refractivity contribution in [1.82, 2.24) is 9.55 Å². The van der Waals surface area contributed by atoms with E-state index in [9.17, 15) is 19.3 Å². The number of aromatic nitrogens is 2. The summed E-state index contributed by atoms with van der Waals surface area (Å²) < 4.78 is 14.9. The molecule has 1 atom stereocenters. The predicted molar refractivity (Wildman–Crippen MR) is 92.2 cm³/mol. The van der Waals surface area contributed by atoms with E-state index in [2.05, 4.69) is 4.98 Å². The molecule has 1 aromatic heterocycles. The van der Waals surface area contributed by atoms with E-state index in [1.165, 1.54) is 24.3 Å². The van der Waals surface area contributed by atoms with Crippen molar-refractivity contribution >= 4 is 34.4 Å². The lowest BCUT2D eigenvalue weighted by molar-refractivity contribution is -0.384. The Kier molecular flexibility index (Phi) is 4.41. The number of rotatable bonds is 5. The number of nitro benzene ring substituents is 1. The van der Waals surface area contributed by atoms with Crippen LogP contribution < -0.4 is 5.73 Å². The molecular formula is C16H13FN4O3S. The molecule has 0 bridgehead atoms. The van der Waals surface area contributed by atoms with Crippen LogP contribution in [0.2, 0.25) is 0 Å². The first-order valence-corrected chi connectivity index (χ1v) is 8.13. The summed E-state index contributed by atoms with van der Waals surface area (Å²) in [5.74, 6) is -0.891. The summed E-state index contributed by atoms with van der Waals surface area (Å²) in [4.78, 5) is 26.2. The lowest BCUT2D eigenvalue weighted by Crippen LogP contribution is -2.23. The molecule has 0 fully saturated rings. The highest BCUT2D eigenvalue weighted by Gasteiger charge is 2.20. The van der Waals surface area contributed by atoms with Crippen molar-refractivity contribution in [1.29, 1.82) is 0 Å². The number of benzene rings is 2. The maximum atomic E-state index is 13.2. The Balaban J connectivity index is 2.20. The monoisotopic (exact) mass is 360 g/mol. The molecule has 0 radical (unpaired) electrons. The highest BCUT2D eigenvalue weighted by Crippen LogP contribution is 2.32. The Labute approximate surface area is 145 Å². The topological polar surface area (TPSA) is 104 Å². The van der Waals surface area contributed by atoms with Crippen LogP contribution in [0.3, 0.4) is 0 Å². The van der Waals surface area contributed by atoms with Crippen molar-refractivity contribution < 1.29 is 14.1 Å². The lowest BCUT2D eigenvalue weighted by atomic mass is 10.2. The largest absolute Gasteiger partial charge is 0.369 e. The molecule has 128 valence electrons. The van der Waals surface area contributed by atoms with Crippen LogP contribution >= 0.6 is 11.8 Å². The van der Waals surface area contributed by atoms with Crippen molar-refractivity contribution in [3.8, 4) is 5.69 Å². The molecule has 2 aromatic carbocycles. The van der Waals surface area contributed by atoms with Gasteiger partial charge in [0.25, 0.3) is 5.69 Å². The number of fused-ring (bicyclic) bond motifs is 1. The van der Waals surface area contributed by atoms with Gasteiger partial charge in [0, 0.05) is 17.8 Å². The molecule has 7 nitrogen and oxygen atoms in total. The first-order chi connectivity index (χ1) is 11.9. The number of thioether (sulfide) groups is 1. The number of nitro groups is 1. The number of nitrogens with zero attached hydrogens (tertiary/aromatic N) is 3. The van der Waals surface area contributed by atoms with E-state index in [1.807, 2.05) is 0 Å². The van der Waals surface area contributed by atoms with Crippen LogP contribution in [0.25, 0.3) is 16.7 Å². The fourth-order valence-electron chi connectivity index (χ4n) is 2.30. The van der Waals surface area contributed by atoms with E-state index in [0.717, 1.165) is 11.8 Å². The van der Waals surface area contributed by atoms with Crippen molar-refractivity contribution in [2.45, 2.75) is 17.3 Å². The molecule has 0 spiro atoms. The number of nitrogens with two attached hydrogens (primary N) is 1. The van der Waals surface area contributed by atoms with Gasteiger partial charge in [-0.15, -0.1) is 0 Å². The molecule has 1 heterocycles. The van der Waals surface area contributed by atoms with Gasteiger partial charge in [0.15, 0.2) is 5.16 Å². The van der Waals surface area contributed by atoms with Crippen molar-refractivity contribution in [2.75, 3.05) is 0 Å². The minimum Gasteiger partial charge on any atom is -0.369 e. The van der Waals surface area contributed by atoms with Gasteiger partial charge in [-0.2, -0.15) is 0 Å². The number of non-ortho nitro benzene ring substituents is 1. The Morgan fingerprint density at radius 3 is 2.60 bits per heavy atom. The van der Waals surface area contributed by atoms with Crippen LogP contribution in [0.15, 0.2) is 47.6 Å². The molecule has 3 rings (SSSR count). The van der Waals surface area contributed by atoms with Crippen molar-refractivity contribution in [2.24, 2.45) is 5.73 Å². The van der Waals surface area contributed by atoms with E-state index >= 15 is 0 Å². The third-order valence-electron chi connectivity index (χ3n) is 3.59. The summed E-state index contributed by atoms with van der Waals surface area (Å²) in [6, 6.07) is 10.0. The molecule has 2 N–H and O–H groups in total. The first kappa shape index (κ1) is 16.9. The molecule has 0 aliphatic carbocycles. The zero-order chi connectivity index (χ0) is 18.1. The van der Waals surface area contributed by atoms with Gasteiger partial charge in [-0.05, 0) is 37.3 Å². The smallest absolute Gasteiger partial charge is 0.271 e. The SMILES string of the molecule is C[C@H](Sc1nc2cc([N+](=O)[O-])ccc2n1-c1ccc(F)cc1)C(N)=O. The molecular weight excluding hydrogens is 347 g/mol. The second kappa shape index (κ2) is 6.52. The van der Waals surface area contributed by atoms with Crippen LogP contribution in [-0.4, -0.2) is 25.6 Å². The average molecular weight is 360 g/mol. The number of amides is 1. The number of hydrogen-bond donors (Lipinski definition) is 1. The third-order valence-corrected chi connectivity index (χ3v) is 4.66. The fourth-order valence-corrected chi connectivity index (χ4v) is 3.19. The maximum absolute atomic E-state index is 13.2. The van der Waals surface area contributed by atoms with Gasteiger partial charge in [0.2, 0.25) is 5.91 Å². The lowest BCUT2D eigenvalue weighted by Gasteiger charge is -2.11. The van der Waals surface area contributed by atoms with Crippen LogP contribution in [0.1, 0.15) is 6.92 Å². The Morgan fingerprint density at radius 2 is 2.00 bits per heavy atom. The zero-order valence-electron chi connectivity index (χ0n) is 13.0. The van der Waals surface area contributed by atoms with Crippen molar-refractivity contribution in [3.63, 3.8) is 0 Å². The third kappa shape index (κ3) is 3.31. The van der Waals surface area contributed by atoms with Gasteiger partial charge in [-0.3, -0.25) is 19.5 Å². The van der Waals surface area contributed by atoms with E-state index in [1.54, 1.807) is 29.7 Å². The molecule has 0 aliphatic rings. The number of primary amides is 1. The van der Waals surface area contributed by atoms with Gasteiger partial charge in [-0.25, -0.2) is 9.37 Å². The van der Waals surface area contributed by atoms with Crippen LogP contribution in [-0.2, 0) is 4.79 Å². The number of carbonyl (C=O) groups excluding carboxylic acids is 1. The van der Waals surface area contributed by atoms with Gasteiger partial charge in [0.05, 0.1) is 21.2 Å². The van der Waals surface area contributed by atoms with Gasteiger partial charge in [0.1, 0.15) is 5.82 Å². The maximum Gasteiger partial charge on any atom is 0.271 e. The Bertz CT molecular complexity index is 971. The number of imidazole rings is 1. The summed E-state index contributed by atoms with van der Waals surface area (Å²) in [6.07, 6.45) is 0. The second-order valence-corrected chi connectivity index (χ2v) is 6.61. The summed E-state index contributed by atoms with van der Waals surface area (Å²) >= 11 is 1.13. The predicted octanol–water partition coefficient (Wildman–Crippen LogP) is 3.04. The Morgan fingerprint density at radius 1 is 1.32 bits per heavy atom. The van der Waals surface area contributed by atoms with E-state index in [4.69, 9.17) is 5.73 Å². The molecule has 1 amide bonds. The highest BCUT2D eigenvalue weighted by atomic mass is 32.2. The molecule has 0 aliphatic heterocycles. The van der Waals surface area contributed by atoms with Crippen LogP contribution in [0.4, 0.5) is 10.1 Å². The molecule has 0 unspecified atom stereocenters. The fraction of sp³-hybridized carbons (Fsp3) is 0.125. The second-order valence-electron chi connectivity index (χ2n) is 5.30. The Hall–Kier alpha value is -2.94. The van der Waals surface area contributed by atoms with Gasteiger partial charge in [-0.1, -0.05) is 11.8 Å². The molecule has 3 aromatic rings. The molecule has 0 saturated heterocycles. The number of halogens is 1. The van der Waals surface area contributed by atoms with Crippen LogP contribution in [0.5, 0.6) is 0 Å². The standard InChI is InChI=1S/C16H13FN4O3S/c1-9(15(18)22)25-16-19-13-8-12(21(23)24)6-7-14(13)20(16)11-4-2-10(17)3-5-11/h2-9H,1H3,(H2,18,22)/t9-/m0/s1. The van der Waals surface area contributed by atoms with E-state index < -0.39 is 16.1 Å². The zero-order valence-corrected chi connectivity index (χ0v) is 13.9. The minimum absolute atomic E-state index is 0.0873. The molecule has 9 heteroatoms. The summed E-state index contributed by atoms with van der Waals surface area (Å²) in [5, 5.41) is 10.9. The normalized spacial score (nSPS) is 12.2. The van der Waals surface area contributed by atoms with E-state index in [0.29, 0.717) is 21.9 Å². The summed E-state index contributed by atoms with van der Waals surface area (Å²) in [6.45, 7) is 1.64. The van der Waals surface area contributed by atoms with Crippen LogP contribution in [0, 0.1) is 15.9 Å². The quantitative estimate of drug-likeness (QED) is 0.428. The van der Waals surface area contributed by atoms with Gasteiger partial charge >= 0.3 is 0 Å². The summed E-state index contributed by atoms with van der Waals surface area (Å²) in [7, 11) is 0. The van der Waals surface area contributed by atoms with E-state index in [-0.39, 0.29) is 11.5 Å². The molecule has 0 saturated carbocycles. The van der Waals surface area contributed by atoms with Crippen molar-refractivity contribution in [3.05, 3.63) is 58.4 Å². The average Bonchev–Trinajstić information content (AvgIpc) is 2.92. The summed E-state index contributed by atoms with van der Waals surface area (Å²) in [5.41, 5.74) is 6.86. The molecule has 25 heavy (non-hydrogen) atoms. The number of carbonyl (C=O) groups is 1.